The Hall–Kier alpha value is -3.20. The van der Waals surface area contributed by atoms with Gasteiger partial charge in [0, 0.05) is 17.2 Å². The molecule has 3 rings (SSSR count). The molecule has 0 bridgehead atoms. The molecular weight excluding hydrogens is 418 g/mol. The van der Waals surface area contributed by atoms with Gasteiger partial charge in [-0.25, -0.2) is 4.79 Å². The Morgan fingerprint density at radius 3 is 2.48 bits per heavy atom. The van der Waals surface area contributed by atoms with Crippen molar-refractivity contribution in [3.05, 3.63) is 45.7 Å². The quantitative estimate of drug-likeness (QED) is 0.528. The van der Waals surface area contributed by atoms with Gasteiger partial charge < -0.3 is 14.8 Å². The van der Waals surface area contributed by atoms with Gasteiger partial charge in [-0.1, -0.05) is 13.8 Å². The van der Waals surface area contributed by atoms with Gasteiger partial charge in [0.2, 0.25) is 5.91 Å². The highest BCUT2D eigenvalue weighted by atomic mass is 32.1. The zero-order valence-electron chi connectivity index (χ0n) is 17.9. The van der Waals surface area contributed by atoms with E-state index in [0.717, 1.165) is 4.68 Å². The maximum Gasteiger partial charge on any atom is 0.359 e. The van der Waals surface area contributed by atoms with Crippen molar-refractivity contribution in [1.29, 1.82) is 0 Å². The van der Waals surface area contributed by atoms with Crippen molar-refractivity contribution in [2.75, 3.05) is 18.5 Å². The first-order valence-electron chi connectivity index (χ1n) is 10.1. The van der Waals surface area contributed by atoms with Crippen LogP contribution in [0.2, 0.25) is 0 Å². The van der Waals surface area contributed by atoms with Gasteiger partial charge in [-0.15, -0.1) is 11.3 Å². The first-order chi connectivity index (χ1) is 14.8. The highest BCUT2D eigenvalue weighted by molar-refractivity contribution is 7.16. The third-order valence-corrected chi connectivity index (χ3v) is 5.26. The molecule has 1 aromatic carbocycles. The lowest BCUT2D eigenvalue weighted by Crippen LogP contribution is -2.25. The number of carbonyl (C=O) groups is 2. The standard InChI is InChI=1S/C22H25N3O5S/c1-5-29-15-9-7-14(8-10-15)25-21(27)18-16(19(24-25)22(28)30-6-2)12-31-20(18)23-17(26)11-13(3)4/h7-10,12-13H,5-6,11H2,1-4H3,(H,23,26). The summed E-state index contributed by atoms with van der Waals surface area (Å²) in [5.41, 5.74) is 0.0470. The van der Waals surface area contributed by atoms with Crippen LogP contribution < -0.4 is 15.6 Å². The van der Waals surface area contributed by atoms with Crippen molar-refractivity contribution in [3.8, 4) is 11.4 Å². The van der Waals surface area contributed by atoms with E-state index in [2.05, 4.69) is 10.4 Å². The predicted molar refractivity (Wildman–Crippen MR) is 120 cm³/mol. The summed E-state index contributed by atoms with van der Waals surface area (Å²) in [6.45, 7) is 8.15. The van der Waals surface area contributed by atoms with Gasteiger partial charge in [0.05, 0.1) is 24.3 Å². The topological polar surface area (TPSA) is 99.5 Å². The molecule has 1 amide bonds. The van der Waals surface area contributed by atoms with Gasteiger partial charge in [-0.05, 0) is 44.0 Å². The lowest BCUT2D eigenvalue weighted by atomic mass is 10.1. The number of aromatic nitrogens is 2. The van der Waals surface area contributed by atoms with E-state index in [4.69, 9.17) is 9.47 Å². The summed E-state index contributed by atoms with van der Waals surface area (Å²) in [6, 6.07) is 6.81. The van der Waals surface area contributed by atoms with Crippen LogP contribution in [-0.2, 0) is 9.53 Å². The Bertz CT molecular complexity index is 1150. The second-order valence-corrected chi connectivity index (χ2v) is 8.09. The second kappa shape index (κ2) is 9.74. The van der Waals surface area contributed by atoms with Crippen molar-refractivity contribution in [2.24, 2.45) is 5.92 Å². The predicted octanol–water partition coefficient (Wildman–Crippen LogP) is 4.01. The molecule has 2 aromatic heterocycles. The van der Waals surface area contributed by atoms with E-state index in [1.165, 1.54) is 11.3 Å². The summed E-state index contributed by atoms with van der Waals surface area (Å²) in [7, 11) is 0. The molecule has 9 heteroatoms. The lowest BCUT2D eigenvalue weighted by molar-refractivity contribution is -0.116. The fourth-order valence-electron chi connectivity index (χ4n) is 3.07. The number of hydrogen-bond donors (Lipinski definition) is 1. The number of hydrogen-bond acceptors (Lipinski definition) is 7. The highest BCUT2D eigenvalue weighted by Gasteiger charge is 2.23. The number of amides is 1. The van der Waals surface area contributed by atoms with E-state index in [-0.39, 0.29) is 29.5 Å². The molecule has 0 saturated heterocycles. The van der Waals surface area contributed by atoms with E-state index in [1.54, 1.807) is 36.6 Å². The van der Waals surface area contributed by atoms with Gasteiger partial charge in [0.25, 0.3) is 5.56 Å². The molecule has 164 valence electrons. The van der Waals surface area contributed by atoms with Crippen LogP contribution in [0.1, 0.15) is 44.6 Å². The molecule has 0 saturated carbocycles. The molecule has 0 unspecified atom stereocenters. The van der Waals surface area contributed by atoms with Crippen LogP contribution in [0.5, 0.6) is 5.75 Å². The number of carbonyl (C=O) groups excluding carboxylic acids is 2. The minimum absolute atomic E-state index is 0.0194. The van der Waals surface area contributed by atoms with Crippen molar-refractivity contribution < 1.29 is 19.1 Å². The second-order valence-electron chi connectivity index (χ2n) is 7.21. The molecule has 0 fully saturated rings. The number of fused-ring (bicyclic) bond motifs is 1. The minimum atomic E-state index is -0.634. The Morgan fingerprint density at radius 1 is 1.16 bits per heavy atom. The summed E-state index contributed by atoms with van der Waals surface area (Å²) >= 11 is 1.18. The van der Waals surface area contributed by atoms with Crippen molar-refractivity contribution >= 4 is 39.0 Å². The van der Waals surface area contributed by atoms with Crippen molar-refractivity contribution in [1.82, 2.24) is 9.78 Å². The van der Waals surface area contributed by atoms with Crippen LogP contribution in [0.3, 0.4) is 0 Å². The molecular formula is C22H25N3O5S. The van der Waals surface area contributed by atoms with Crippen LogP contribution in [0.25, 0.3) is 16.5 Å². The number of nitrogens with one attached hydrogen (secondary N) is 1. The highest BCUT2D eigenvalue weighted by Crippen LogP contribution is 2.31. The average molecular weight is 444 g/mol. The van der Waals surface area contributed by atoms with Crippen LogP contribution in [0.4, 0.5) is 5.00 Å². The van der Waals surface area contributed by atoms with E-state index in [9.17, 15) is 14.4 Å². The SMILES string of the molecule is CCOC(=O)c1nn(-c2ccc(OCC)cc2)c(=O)c2c(NC(=O)CC(C)C)scc12. The van der Waals surface area contributed by atoms with Crippen molar-refractivity contribution in [3.63, 3.8) is 0 Å². The Morgan fingerprint density at radius 2 is 1.87 bits per heavy atom. The lowest BCUT2D eigenvalue weighted by Gasteiger charge is -2.11. The van der Waals surface area contributed by atoms with Gasteiger partial charge in [-0.2, -0.15) is 9.78 Å². The number of nitrogens with zero attached hydrogens (tertiary/aromatic N) is 2. The van der Waals surface area contributed by atoms with E-state index < -0.39 is 11.5 Å². The number of esters is 1. The summed E-state index contributed by atoms with van der Waals surface area (Å²) in [6.07, 6.45) is 0.322. The third kappa shape index (κ3) is 4.93. The van der Waals surface area contributed by atoms with Crippen LogP contribution in [-0.4, -0.2) is 34.9 Å². The van der Waals surface area contributed by atoms with Gasteiger partial charge in [0.15, 0.2) is 5.69 Å². The summed E-state index contributed by atoms with van der Waals surface area (Å²) < 4.78 is 11.7. The monoisotopic (exact) mass is 443 g/mol. The van der Waals surface area contributed by atoms with Crippen LogP contribution in [0.15, 0.2) is 34.4 Å². The molecule has 0 aliphatic heterocycles. The third-order valence-electron chi connectivity index (χ3n) is 4.36. The fraction of sp³-hybridized carbons (Fsp3) is 0.364. The molecule has 0 aliphatic rings. The first kappa shape index (κ1) is 22.5. The van der Waals surface area contributed by atoms with Gasteiger partial charge >= 0.3 is 5.97 Å². The number of benzene rings is 1. The molecule has 1 N–H and O–H groups in total. The fourth-order valence-corrected chi connectivity index (χ4v) is 4.02. The maximum atomic E-state index is 13.3. The molecule has 31 heavy (non-hydrogen) atoms. The van der Waals surface area contributed by atoms with Gasteiger partial charge in [0.1, 0.15) is 10.8 Å². The largest absolute Gasteiger partial charge is 0.494 e. The maximum absolute atomic E-state index is 13.3. The molecule has 0 radical (unpaired) electrons. The van der Waals surface area contributed by atoms with E-state index in [0.29, 0.717) is 34.9 Å². The van der Waals surface area contributed by atoms with Crippen LogP contribution >= 0.6 is 11.3 Å². The van der Waals surface area contributed by atoms with Crippen molar-refractivity contribution in [2.45, 2.75) is 34.1 Å². The molecule has 0 atom stereocenters. The Kier molecular flexibility index (Phi) is 7.06. The molecule has 2 heterocycles. The summed E-state index contributed by atoms with van der Waals surface area (Å²) in [4.78, 5) is 38.2. The normalized spacial score (nSPS) is 11.0. The molecule has 3 aromatic rings. The van der Waals surface area contributed by atoms with Gasteiger partial charge in [-0.3, -0.25) is 9.59 Å². The molecule has 8 nitrogen and oxygen atoms in total. The van der Waals surface area contributed by atoms with E-state index >= 15 is 0 Å². The number of ether oxygens (including phenoxy) is 2. The zero-order chi connectivity index (χ0) is 22.5. The minimum Gasteiger partial charge on any atom is -0.494 e. The molecule has 0 spiro atoms. The number of anilines is 1. The smallest absolute Gasteiger partial charge is 0.359 e. The summed E-state index contributed by atoms with van der Waals surface area (Å²) in [5.74, 6) is -0.00281. The van der Waals surface area contributed by atoms with E-state index in [1.807, 2.05) is 20.8 Å². The Labute approximate surface area is 183 Å². The Balaban J connectivity index is 2.16. The average Bonchev–Trinajstić information content (AvgIpc) is 3.13. The number of rotatable bonds is 8. The van der Waals surface area contributed by atoms with Crippen LogP contribution in [0, 0.1) is 5.92 Å². The first-order valence-corrected chi connectivity index (χ1v) is 11.0. The summed E-state index contributed by atoms with van der Waals surface area (Å²) in [5, 5.41) is 9.71. The number of thiophene rings is 1. The molecule has 0 aliphatic carbocycles. The zero-order valence-corrected chi connectivity index (χ0v) is 18.7.